The van der Waals surface area contributed by atoms with Gasteiger partial charge in [-0.3, -0.25) is 0 Å². The molecule has 0 unspecified atom stereocenters. The third-order valence-corrected chi connectivity index (χ3v) is 0. The van der Waals surface area contributed by atoms with Crippen LogP contribution in [0.1, 0.15) is 0 Å². The molecule has 0 aromatic carbocycles. The van der Waals surface area contributed by atoms with Crippen molar-refractivity contribution in [3.05, 3.63) is 0 Å². The van der Waals surface area contributed by atoms with Gasteiger partial charge in [0.1, 0.15) is 0 Å². The smallest absolute Gasteiger partial charge is 0.155 e. The minimum absolute atomic E-state index is 0.639. The number of alkyl halides is 3. The van der Waals surface area contributed by atoms with Gasteiger partial charge in [-0.25, -0.2) is 0 Å². The van der Waals surface area contributed by atoms with Gasteiger partial charge in [0, 0.05) is 0 Å². The normalized spacial score (nSPS) is 7.71. The van der Waals surface area contributed by atoms with E-state index in [0.29, 0.717) is 0 Å². The van der Waals surface area contributed by atoms with Crippen molar-refractivity contribution >= 4 is 65.1 Å². The first-order chi connectivity index (χ1) is 3.15. The average Bonchev–Trinajstić information content (AvgIpc) is 1.33. The summed E-state index contributed by atoms with van der Waals surface area (Å²) in [4.78, 5) is 0. The van der Waals surface area contributed by atoms with E-state index in [1.807, 2.05) is 0 Å². The van der Waals surface area contributed by atoms with Crippen LogP contribution in [0.3, 0.4) is 0 Å². The van der Waals surface area contributed by atoms with Crippen LogP contribution in [-0.2, 0) is 0 Å². The molecule has 6 heteroatoms. The van der Waals surface area contributed by atoms with Crippen LogP contribution >= 0.6 is 57.0 Å². The van der Waals surface area contributed by atoms with Crippen LogP contribution in [0.25, 0.3) is 0 Å². The average molecular weight is 220 g/mol. The monoisotopic (exact) mass is 218 g/mol. The minimum atomic E-state index is -0.750. The Morgan fingerprint density at radius 2 is 1.00 bits per heavy atom. The molecule has 0 heterocycles. The van der Waals surface area contributed by atoms with Gasteiger partial charge >= 0.3 is 0 Å². The zero-order chi connectivity index (χ0) is 6.28. The van der Waals surface area contributed by atoms with Gasteiger partial charge < -0.3 is 0 Å². The summed E-state index contributed by atoms with van der Waals surface area (Å²) in [5.41, 5.74) is 0. The van der Waals surface area contributed by atoms with Gasteiger partial charge in [0.05, 0.1) is 0 Å². The van der Waals surface area contributed by atoms with E-state index in [-0.39, 0.29) is 0 Å². The Labute approximate surface area is 69.2 Å². The van der Waals surface area contributed by atoms with E-state index in [9.17, 15) is 0 Å². The molecule has 0 fully saturated rings. The highest BCUT2D eigenvalue weighted by molar-refractivity contribution is 7.22. The lowest BCUT2D eigenvalue weighted by Gasteiger charge is -1.69. The van der Waals surface area contributed by atoms with Gasteiger partial charge in [-0.1, -0.05) is 34.8 Å². The van der Waals surface area contributed by atoms with E-state index in [2.05, 4.69) is 0 Å². The molecule has 0 atom stereocenters. The third-order valence-electron chi connectivity index (χ3n) is 0. The molecule has 0 bridgehead atoms. The summed E-state index contributed by atoms with van der Waals surface area (Å²) in [5, 5.41) is 0. The van der Waals surface area contributed by atoms with Crippen LogP contribution in [-0.4, -0.2) is 12.4 Å². The van der Waals surface area contributed by atoms with Crippen LogP contribution < -0.4 is 0 Å². The molecule has 0 aliphatic carbocycles. The number of rotatable bonds is 0. The Balaban J connectivity index is 0. The van der Waals surface area contributed by atoms with Gasteiger partial charge in [-0.2, -0.15) is 22.2 Å². The fourth-order valence-electron chi connectivity index (χ4n) is 0. The SMILES string of the molecule is ClC(Cl)Cl.Cl[SiH2]Cl. The van der Waals surface area contributed by atoms with E-state index in [1.54, 1.807) is 0 Å². The number of hydrogen-bond acceptors (Lipinski definition) is 0. The zero-order valence-electron chi connectivity index (χ0n) is 3.17. The fourth-order valence-corrected chi connectivity index (χ4v) is 0. The predicted molar refractivity (Wildman–Crippen MR) is 41.6 cm³/mol. The van der Waals surface area contributed by atoms with E-state index in [4.69, 9.17) is 57.0 Å². The summed E-state index contributed by atoms with van der Waals surface area (Å²) in [7, 11) is -0.639. The van der Waals surface area contributed by atoms with Gasteiger partial charge in [-0.15, -0.1) is 0 Å². The molecule has 7 heavy (non-hydrogen) atoms. The lowest BCUT2D eigenvalue weighted by molar-refractivity contribution is 1.96. The number of hydrogen-bond donors (Lipinski definition) is 0. The summed E-state index contributed by atoms with van der Waals surface area (Å²) in [6.07, 6.45) is 0. The van der Waals surface area contributed by atoms with E-state index >= 15 is 0 Å². The topological polar surface area (TPSA) is 0 Å². The van der Waals surface area contributed by atoms with Gasteiger partial charge in [0.15, 0.2) is 4.30 Å². The van der Waals surface area contributed by atoms with Crippen LogP contribution in [0.5, 0.6) is 0 Å². The van der Waals surface area contributed by atoms with Crippen LogP contribution in [0, 0.1) is 0 Å². The fraction of sp³-hybridized carbons (Fsp3) is 1.00. The first-order valence-electron chi connectivity index (χ1n) is 1.19. The molecule has 0 saturated heterocycles. The highest BCUT2D eigenvalue weighted by Crippen LogP contribution is 2.03. The molecule has 0 rings (SSSR count). The van der Waals surface area contributed by atoms with Gasteiger partial charge in [0.2, 0.25) is 8.14 Å². The second kappa shape index (κ2) is 10.6. The Morgan fingerprint density at radius 1 is 1.00 bits per heavy atom. The molecular formula is CH3Cl5Si. The molecular weight excluding hydrogens is 217 g/mol. The molecule has 0 radical (unpaired) electrons. The summed E-state index contributed by atoms with van der Waals surface area (Å²) in [6, 6.07) is 0. The van der Waals surface area contributed by atoms with Crippen LogP contribution in [0.15, 0.2) is 0 Å². The standard InChI is InChI=1S/CHCl3.Cl2H2Si/c2-1(3)4;1-3-2/h1H;3H2. The second-order valence-corrected chi connectivity index (χ2v) is 4.95. The van der Waals surface area contributed by atoms with Crippen molar-refractivity contribution in [2.75, 3.05) is 0 Å². The molecule has 0 aromatic rings. The lowest BCUT2D eigenvalue weighted by Crippen LogP contribution is -1.55. The van der Waals surface area contributed by atoms with Gasteiger partial charge in [0.25, 0.3) is 0 Å². The minimum Gasteiger partial charge on any atom is -0.155 e. The van der Waals surface area contributed by atoms with Crippen molar-refractivity contribution in [3.63, 3.8) is 0 Å². The van der Waals surface area contributed by atoms with Crippen LogP contribution in [0.2, 0.25) is 0 Å². The first-order valence-corrected chi connectivity index (χ1v) is 6.77. The quantitative estimate of drug-likeness (QED) is 0.334. The third kappa shape index (κ3) is 88.6. The van der Waals surface area contributed by atoms with Crippen molar-refractivity contribution < 1.29 is 0 Å². The Bertz CT molecular complexity index is 19.3. The van der Waals surface area contributed by atoms with Crippen molar-refractivity contribution in [1.82, 2.24) is 0 Å². The molecule has 0 aromatic heterocycles. The second-order valence-electron chi connectivity index (χ2n) is 0.348. The first kappa shape index (κ1) is 11.5. The Kier molecular flexibility index (Phi) is 17.4. The molecule has 0 spiro atoms. The lowest BCUT2D eigenvalue weighted by atomic mass is 11.9. The molecule has 0 amide bonds. The van der Waals surface area contributed by atoms with Crippen molar-refractivity contribution in [2.45, 2.75) is 4.30 Å². The predicted octanol–water partition coefficient (Wildman–Crippen LogP) is 2.45. The largest absolute Gasteiger partial charge is 0.222 e. The van der Waals surface area contributed by atoms with Crippen molar-refractivity contribution in [2.24, 2.45) is 0 Å². The summed E-state index contributed by atoms with van der Waals surface area (Å²) in [6.45, 7) is 0. The van der Waals surface area contributed by atoms with Crippen molar-refractivity contribution in [1.29, 1.82) is 0 Å². The molecule has 0 aliphatic rings. The van der Waals surface area contributed by atoms with Crippen LogP contribution in [0.4, 0.5) is 0 Å². The van der Waals surface area contributed by atoms with E-state index in [1.165, 1.54) is 0 Å². The van der Waals surface area contributed by atoms with E-state index in [0.717, 1.165) is 0 Å². The van der Waals surface area contributed by atoms with Crippen molar-refractivity contribution in [3.8, 4) is 0 Å². The number of halogens is 5. The highest BCUT2D eigenvalue weighted by atomic mass is 35.7. The zero-order valence-corrected chi connectivity index (χ0v) is 8.37. The summed E-state index contributed by atoms with van der Waals surface area (Å²) in [5.74, 6) is 0. The molecule has 0 N–H and O–H groups in total. The Morgan fingerprint density at radius 3 is 1.00 bits per heavy atom. The molecule has 46 valence electrons. The molecule has 0 saturated carbocycles. The Hall–Kier alpha value is 1.67. The van der Waals surface area contributed by atoms with Gasteiger partial charge in [-0.05, 0) is 0 Å². The summed E-state index contributed by atoms with van der Waals surface area (Å²) < 4.78 is -0.750. The van der Waals surface area contributed by atoms with E-state index < -0.39 is 12.4 Å². The summed E-state index contributed by atoms with van der Waals surface area (Å²) >= 11 is 24.2. The highest BCUT2D eigenvalue weighted by Gasteiger charge is 1.78. The molecule has 0 aliphatic heterocycles. The maximum Gasteiger partial charge on any atom is 0.222 e. The maximum absolute atomic E-state index is 4.90. The maximum atomic E-state index is 4.90. The molecule has 0 nitrogen and oxygen atoms in total.